The van der Waals surface area contributed by atoms with E-state index >= 15 is 0 Å². The lowest BCUT2D eigenvalue weighted by Gasteiger charge is -2.34. The number of nitrogens with zero attached hydrogens (tertiary/aromatic N) is 3. The van der Waals surface area contributed by atoms with Crippen molar-refractivity contribution >= 4 is 11.7 Å². The van der Waals surface area contributed by atoms with Gasteiger partial charge in [0, 0.05) is 31.6 Å². The second-order valence-electron chi connectivity index (χ2n) is 6.23. The standard InChI is InChI=1S/C18H21FN4O/c1-12-9-17(14-5-3-6-15(19)10-14)21-22-18(12)23-8-4-7-16(11-23)20-13(2)24/h3,5-6,9-10,16H,4,7-8,11H2,1-2H3,(H,20,24)/t16-/m0/s1. The smallest absolute Gasteiger partial charge is 0.217 e. The van der Waals surface area contributed by atoms with Gasteiger partial charge in [0.25, 0.3) is 0 Å². The molecule has 1 aliphatic rings. The fourth-order valence-corrected chi connectivity index (χ4v) is 3.15. The molecule has 1 aliphatic heterocycles. The molecule has 5 nitrogen and oxygen atoms in total. The Bertz CT molecular complexity index is 750. The van der Waals surface area contributed by atoms with Crippen molar-refractivity contribution in [3.63, 3.8) is 0 Å². The van der Waals surface area contributed by atoms with Gasteiger partial charge in [-0.1, -0.05) is 12.1 Å². The molecule has 0 unspecified atom stereocenters. The van der Waals surface area contributed by atoms with Crippen LogP contribution in [0.3, 0.4) is 0 Å². The molecule has 1 fully saturated rings. The van der Waals surface area contributed by atoms with Crippen LogP contribution in [-0.2, 0) is 4.79 Å². The zero-order valence-electron chi connectivity index (χ0n) is 13.9. The average molecular weight is 328 g/mol. The molecule has 1 atom stereocenters. The van der Waals surface area contributed by atoms with Crippen molar-refractivity contribution in [3.05, 3.63) is 41.7 Å². The SMILES string of the molecule is CC(=O)N[C@H]1CCCN(c2nnc(-c3cccc(F)c3)cc2C)C1. The summed E-state index contributed by atoms with van der Waals surface area (Å²) in [5.74, 6) is 0.529. The van der Waals surface area contributed by atoms with Crippen LogP contribution in [0.1, 0.15) is 25.3 Å². The summed E-state index contributed by atoms with van der Waals surface area (Å²) in [5.41, 5.74) is 2.37. The van der Waals surface area contributed by atoms with Crippen molar-refractivity contribution in [1.82, 2.24) is 15.5 Å². The van der Waals surface area contributed by atoms with Crippen molar-refractivity contribution in [2.45, 2.75) is 32.7 Å². The minimum atomic E-state index is -0.287. The Morgan fingerprint density at radius 2 is 2.17 bits per heavy atom. The van der Waals surface area contributed by atoms with Crippen LogP contribution in [-0.4, -0.2) is 35.2 Å². The summed E-state index contributed by atoms with van der Waals surface area (Å²) < 4.78 is 13.4. The van der Waals surface area contributed by atoms with Gasteiger partial charge in [0.05, 0.1) is 5.69 Å². The average Bonchev–Trinajstić information content (AvgIpc) is 2.54. The molecule has 6 heteroatoms. The molecule has 1 aromatic carbocycles. The quantitative estimate of drug-likeness (QED) is 0.941. The van der Waals surface area contributed by atoms with Crippen molar-refractivity contribution in [1.29, 1.82) is 0 Å². The lowest BCUT2D eigenvalue weighted by molar-refractivity contribution is -0.119. The van der Waals surface area contributed by atoms with Gasteiger partial charge < -0.3 is 10.2 Å². The maximum Gasteiger partial charge on any atom is 0.217 e. The lowest BCUT2D eigenvalue weighted by atomic mass is 10.0. The summed E-state index contributed by atoms with van der Waals surface area (Å²) in [7, 11) is 0. The number of rotatable bonds is 3. The Balaban J connectivity index is 1.81. The summed E-state index contributed by atoms with van der Waals surface area (Å²) in [4.78, 5) is 13.4. The van der Waals surface area contributed by atoms with Crippen molar-refractivity contribution < 1.29 is 9.18 Å². The first-order valence-corrected chi connectivity index (χ1v) is 8.15. The number of anilines is 1. The number of nitrogens with one attached hydrogen (secondary N) is 1. The van der Waals surface area contributed by atoms with Crippen LogP contribution in [0.25, 0.3) is 11.3 Å². The highest BCUT2D eigenvalue weighted by molar-refractivity contribution is 5.73. The van der Waals surface area contributed by atoms with E-state index in [9.17, 15) is 9.18 Å². The topological polar surface area (TPSA) is 58.1 Å². The largest absolute Gasteiger partial charge is 0.353 e. The summed E-state index contributed by atoms with van der Waals surface area (Å²) >= 11 is 0. The van der Waals surface area contributed by atoms with E-state index in [-0.39, 0.29) is 17.8 Å². The highest BCUT2D eigenvalue weighted by atomic mass is 19.1. The summed E-state index contributed by atoms with van der Waals surface area (Å²) in [6.07, 6.45) is 1.97. The van der Waals surface area contributed by atoms with Gasteiger partial charge in [-0.2, -0.15) is 0 Å². The van der Waals surface area contributed by atoms with Crippen molar-refractivity contribution in [3.8, 4) is 11.3 Å². The predicted octanol–water partition coefficient (Wildman–Crippen LogP) is 2.70. The van der Waals surface area contributed by atoms with Crippen LogP contribution in [0.4, 0.5) is 10.2 Å². The molecular formula is C18H21FN4O. The van der Waals surface area contributed by atoms with Crippen molar-refractivity contribution in [2.75, 3.05) is 18.0 Å². The van der Waals surface area contributed by atoms with E-state index in [4.69, 9.17) is 0 Å². The third kappa shape index (κ3) is 3.69. The number of amides is 1. The second-order valence-corrected chi connectivity index (χ2v) is 6.23. The molecule has 24 heavy (non-hydrogen) atoms. The van der Waals surface area contributed by atoms with Crippen LogP contribution < -0.4 is 10.2 Å². The molecule has 3 rings (SSSR count). The van der Waals surface area contributed by atoms with Crippen LogP contribution in [0, 0.1) is 12.7 Å². The highest BCUT2D eigenvalue weighted by Gasteiger charge is 2.23. The molecule has 0 saturated carbocycles. The third-order valence-electron chi connectivity index (χ3n) is 4.21. The first kappa shape index (κ1) is 16.4. The first-order valence-electron chi connectivity index (χ1n) is 8.15. The van der Waals surface area contributed by atoms with Crippen molar-refractivity contribution in [2.24, 2.45) is 0 Å². The number of halogens is 1. The van der Waals surface area contributed by atoms with E-state index in [1.54, 1.807) is 6.07 Å². The minimum absolute atomic E-state index is 0.00823. The van der Waals surface area contributed by atoms with Crippen LogP contribution >= 0.6 is 0 Å². The van der Waals surface area contributed by atoms with Gasteiger partial charge in [-0.15, -0.1) is 10.2 Å². The molecular weight excluding hydrogens is 307 g/mol. The van der Waals surface area contributed by atoms with E-state index in [1.807, 2.05) is 19.1 Å². The number of carbonyl (C=O) groups is 1. The lowest BCUT2D eigenvalue weighted by Crippen LogP contribution is -2.47. The van der Waals surface area contributed by atoms with Gasteiger partial charge in [-0.05, 0) is 43.5 Å². The molecule has 0 aliphatic carbocycles. The fourth-order valence-electron chi connectivity index (χ4n) is 3.15. The molecule has 0 bridgehead atoms. The minimum Gasteiger partial charge on any atom is -0.353 e. The van der Waals surface area contributed by atoms with Gasteiger partial charge in [0.2, 0.25) is 5.91 Å². The molecule has 2 aromatic rings. The van der Waals surface area contributed by atoms with E-state index in [1.165, 1.54) is 19.1 Å². The number of hydrogen-bond acceptors (Lipinski definition) is 4. The third-order valence-corrected chi connectivity index (χ3v) is 4.21. The highest BCUT2D eigenvalue weighted by Crippen LogP contribution is 2.25. The van der Waals surface area contributed by atoms with Crippen LogP contribution in [0.15, 0.2) is 30.3 Å². The predicted molar refractivity (Wildman–Crippen MR) is 91.2 cm³/mol. The van der Waals surface area contributed by atoms with Gasteiger partial charge in [-0.25, -0.2) is 4.39 Å². The van der Waals surface area contributed by atoms with Crippen LogP contribution in [0.2, 0.25) is 0 Å². The van der Waals surface area contributed by atoms with Gasteiger partial charge in [-0.3, -0.25) is 4.79 Å². The monoisotopic (exact) mass is 328 g/mol. The number of aromatic nitrogens is 2. The molecule has 1 N–H and O–H groups in total. The first-order chi connectivity index (χ1) is 11.5. The van der Waals surface area contributed by atoms with Gasteiger partial charge in [0.15, 0.2) is 5.82 Å². The number of hydrogen-bond donors (Lipinski definition) is 1. The summed E-state index contributed by atoms with van der Waals surface area (Å²) in [6, 6.07) is 8.42. The molecule has 0 radical (unpaired) electrons. The Hall–Kier alpha value is -2.50. The number of aryl methyl sites for hydroxylation is 1. The van der Waals surface area contributed by atoms with E-state index in [2.05, 4.69) is 20.4 Å². The summed E-state index contributed by atoms with van der Waals surface area (Å²) in [5, 5.41) is 11.6. The van der Waals surface area contributed by atoms with E-state index in [0.717, 1.165) is 37.3 Å². The number of benzene rings is 1. The second kappa shape index (κ2) is 6.95. The Labute approximate surface area is 140 Å². The maximum atomic E-state index is 13.4. The molecule has 126 valence electrons. The number of carbonyl (C=O) groups excluding carboxylic acids is 1. The fraction of sp³-hybridized carbons (Fsp3) is 0.389. The van der Waals surface area contributed by atoms with E-state index < -0.39 is 0 Å². The Kier molecular flexibility index (Phi) is 4.74. The van der Waals surface area contributed by atoms with Gasteiger partial charge >= 0.3 is 0 Å². The van der Waals surface area contributed by atoms with E-state index in [0.29, 0.717) is 11.3 Å². The zero-order valence-corrected chi connectivity index (χ0v) is 13.9. The van der Waals surface area contributed by atoms with Gasteiger partial charge in [0.1, 0.15) is 5.82 Å². The van der Waals surface area contributed by atoms with Crippen LogP contribution in [0.5, 0.6) is 0 Å². The number of piperidine rings is 1. The molecule has 1 aromatic heterocycles. The molecule has 1 saturated heterocycles. The zero-order chi connectivity index (χ0) is 17.1. The Morgan fingerprint density at radius 3 is 2.88 bits per heavy atom. The molecule has 1 amide bonds. The summed E-state index contributed by atoms with van der Waals surface area (Å²) in [6.45, 7) is 5.14. The normalized spacial score (nSPS) is 17.6. The molecule has 0 spiro atoms. The maximum absolute atomic E-state index is 13.4. The Morgan fingerprint density at radius 1 is 1.33 bits per heavy atom. The molecule has 2 heterocycles.